The van der Waals surface area contributed by atoms with E-state index in [0.717, 1.165) is 45.3 Å². The Morgan fingerprint density at radius 1 is 1.19 bits per heavy atom. The summed E-state index contributed by atoms with van der Waals surface area (Å²) in [5.41, 5.74) is 3.90. The molecule has 2 saturated heterocycles. The largest absolute Gasteiger partial charge is 0.370 e. The van der Waals surface area contributed by atoms with E-state index in [0.29, 0.717) is 5.92 Å². The first-order chi connectivity index (χ1) is 14.5. The molecule has 0 bridgehead atoms. The van der Waals surface area contributed by atoms with E-state index in [-0.39, 0.29) is 30.1 Å². The molecule has 2 aliphatic rings. The molecule has 2 heterocycles. The third-order valence-corrected chi connectivity index (χ3v) is 6.19. The fourth-order valence-electron chi connectivity index (χ4n) is 4.41. The van der Waals surface area contributed by atoms with Gasteiger partial charge in [-0.3, -0.25) is 4.99 Å². The Bertz CT molecular complexity index is 705. The molecule has 0 radical (unpaired) electrons. The molecular formula is C24H42IN5O. The summed E-state index contributed by atoms with van der Waals surface area (Å²) in [6, 6.07) is 6.65. The van der Waals surface area contributed by atoms with E-state index in [1.54, 1.807) is 0 Å². The van der Waals surface area contributed by atoms with Gasteiger partial charge in [0.1, 0.15) is 6.10 Å². The predicted molar refractivity (Wildman–Crippen MR) is 141 cm³/mol. The van der Waals surface area contributed by atoms with E-state index in [1.165, 1.54) is 42.9 Å². The number of ether oxygens (including phenoxy) is 1. The van der Waals surface area contributed by atoms with Gasteiger partial charge in [0.25, 0.3) is 0 Å². The van der Waals surface area contributed by atoms with Crippen molar-refractivity contribution in [1.29, 1.82) is 0 Å². The van der Waals surface area contributed by atoms with E-state index in [4.69, 9.17) is 9.73 Å². The van der Waals surface area contributed by atoms with Gasteiger partial charge in [-0.05, 0) is 44.9 Å². The van der Waals surface area contributed by atoms with Crippen LogP contribution in [0.15, 0.2) is 23.2 Å². The second-order valence-corrected chi connectivity index (χ2v) is 9.07. The fraction of sp³-hybridized carbons (Fsp3) is 0.708. The van der Waals surface area contributed by atoms with Crippen LogP contribution in [0.2, 0.25) is 0 Å². The molecule has 2 aliphatic heterocycles. The molecule has 0 aliphatic carbocycles. The second kappa shape index (κ2) is 13.0. The molecule has 3 rings (SSSR count). The Kier molecular flexibility index (Phi) is 11.0. The molecule has 2 atom stereocenters. The number of benzene rings is 1. The minimum Gasteiger partial charge on any atom is -0.370 e. The Labute approximate surface area is 206 Å². The van der Waals surface area contributed by atoms with Gasteiger partial charge in [0.05, 0.1) is 13.2 Å². The lowest BCUT2D eigenvalue weighted by Gasteiger charge is -2.36. The molecule has 176 valence electrons. The molecular weight excluding hydrogens is 501 g/mol. The van der Waals surface area contributed by atoms with Gasteiger partial charge in [-0.2, -0.15) is 0 Å². The number of nitrogens with zero attached hydrogens (tertiary/aromatic N) is 4. The van der Waals surface area contributed by atoms with Crippen LogP contribution >= 0.6 is 24.0 Å². The number of piperazine rings is 1. The molecule has 2 fully saturated rings. The molecule has 0 saturated carbocycles. The minimum atomic E-state index is 0. The highest BCUT2D eigenvalue weighted by Gasteiger charge is 2.25. The lowest BCUT2D eigenvalue weighted by molar-refractivity contribution is -0.00836. The van der Waals surface area contributed by atoms with Gasteiger partial charge in [0.15, 0.2) is 5.96 Å². The van der Waals surface area contributed by atoms with Crippen molar-refractivity contribution < 1.29 is 4.74 Å². The van der Waals surface area contributed by atoms with Crippen molar-refractivity contribution in [2.75, 3.05) is 72.6 Å². The first-order valence-corrected chi connectivity index (χ1v) is 11.6. The number of likely N-dealkylation sites (N-methyl/N-ethyl adjacent to an activating group) is 1. The monoisotopic (exact) mass is 543 g/mol. The lowest BCUT2D eigenvalue weighted by atomic mass is 10.00. The summed E-state index contributed by atoms with van der Waals surface area (Å²) in [6.45, 7) is 18.8. The normalized spacial score (nSPS) is 22.2. The maximum absolute atomic E-state index is 6.14. The number of guanidine groups is 1. The fourth-order valence-corrected chi connectivity index (χ4v) is 4.41. The van der Waals surface area contributed by atoms with Gasteiger partial charge in [0.2, 0.25) is 0 Å². The van der Waals surface area contributed by atoms with Crippen molar-refractivity contribution in [3.63, 3.8) is 0 Å². The number of nitrogens with one attached hydrogen (secondary N) is 1. The van der Waals surface area contributed by atoms with Crippen molar-refractivity contribution in [2.24, 2.45) is 10.9 Å². The zero-order valence-corrected chi connectivity index (χ0v) is 22.4. The Balaban J connectivity index is 0.00000341. The van der Waals surface area contributed by atoms with Crippen LogP contribution in [0, 0.1) is 19.8 Å². The quantitative estimate of drug-likeness (QED) is 0.340. The molecule has 1 aromatic rings. The molecule has 2 unspecified atom stereocenters. The topological polar surface area (TPSA) is 43.3 Å². The number of rotatable bonds is 6. The Morgan fingerprint density at radius 2 is 1.94 bits per heavy atom. The van der Waals surface area contributed by atoms with E-state index < -0.39 is 0 Å². The van der Waals surface area contributed by atoms with E-state index in [2.05, 4.69) is 73.0 Å². The number of hydrogen-bond donors (Lipinski definition) is 1. The first kappa shape index (κ1) is 26.4. The SMILES string of the molecule is CCNC(=NCC(C)CN1CCN(C)CC1)N1CCOC(c2ccc(C)cc2C)C1.I. The highest BCUT2D eigenvalue weighted by atomic mass is 127. The summed E-state index contributed by atoms with van der Waals surface area (Å²) in [4.78, 5) is 12.4. The van der Waals surface area contributed by atoms with Gasteiger partial charge >= 0.3 is 0 Å². The number of aliphatic imine (C=N–C) groups is 1. The van der Waals surface area contributed by atoms with Gasteiger partial charge in [-0.25, -0.2) is 0 Å². The van der Waals surface area contributed by atoms with Crippen LogP contribution in [0.1, 0.15) is 36.6 Å². The average Bonchev–Trinajstić information content (AvgIpc) is 2.73. The van der Waals surface area contributed by atoms with Gasteiger partial charge in [0, 0.05) is 52.4 Å². The summed E-state index contributed by atoms with van der Waals surface area (Å²) in [5, 5.41) is 3.51. The van der Waals surface area contributed by atoms with Gasteiger partial charge < -0.3 is 24.8 Å². The van der Waals surface area contributed by atoms with Crippen LogP contribution in [0.3, 0.4) is 0 Å². The number of hydrogen-bond acceptors (Lipinski definition) is 4. The summed E-state index contributed by atoms with van der Waals surface area (Å²) >= 11 is 0. The van der Waals surface area contributed by atoms with Crippen LogP contribution < -0.4 is 5.32 Å². The average molecular weight is 544 g/mol. The summed E-state index contributed by atoms with van der Waals surface area (Å²) in [7, 11) is 2.21. The molecule has 0 spiro atoms. The zero-order valence-electron chi connectivity index (χ0n) is 20.1. The predicted octanol–water partition coefficient (Wildman–Crippen LogP) is 3.14. The standard InChI is InChI=1S/C24H41N5O.HI/c1-6-25-24(26-16-20(3)17-28-11-9-27(5)10-12-28)29-13-14-30-23(18-29)22-8-7-19(2)15-21(22)4;/h7-8,15,20,23H,6,9-14,16-18H2,1-5H3,(H,25,26);1H. The number of morpholine rings is 1. The zero-order chi connectivity index (χ0) is 21.5. The van der Waals surface area contributed by atoms with Crippen LogP contribution in [0.5, 0.6) is 0 Å². The number of aryl methyl sites for hydroxylation is 2. The van der Waals surface area contributed by atoms with E-state index in [1.807, 2.05) is 0 Å². The third kappa shape index (κ3) is 7.87. The van der Waals surface area contributed by atoms with Crippen molar-refractivity contribution in [2.45, 2.75) is 33.8 Å². The van der Waals surface area contributed by atoms with Crippen LogP contribution in [-0.4, -0.2) is 93.2 Å². The minimum absolute atomic E-state index is 0. The molecule has 0 aromatic heterocycles. The van der Waals surface area contributed by atoms with E-state index in [9.17, 15) is 0 Å². The summed E-state index contributed by atoms with van der Waals surface area (Å²) in [5.74, 6) is 1.58. The van der Waals surface area contributed by atoms with Crippen LogP contribution in [-0.2, 0) is 4.74 Å². The first-order valence-electron chi connectivity index (χ1n) is 11.6. The van der Waals surface area contributed by atoms with Gasteiger partial charge in [-0.1, -0.05) is 30.7 Å². The highest BCUT2D eigenvalue weighted by Crippen LogP contribution is 2.26. The van der Waals surface area contributed by atoms with Crippen LogP contribution in [0.4, 0.5) is 0 Å². The Morgan fingerprint density at radius 3 is 2.61 bits per heavy atom. The summed E-state index contributed by atoms with van der Waals surface area (Å²) in [6.07, 6.45) is 0.103. The van der Waals surface area contributed by atoms with Gasteiger partial charge in [-0.15, -0.1) is 24.0 Å². The highest BCUT2D eigenvalue weighted by molar-refractivity contribution is 14.0. The molecule has 7 heteroatoms. The van der Waals surface area contributed by atoms with Crippen molar-refractivity contribution in [3.8, 4) is 0 Å². The van der Waals surface area contributed by atoms with E-state index >= 15 is 0 Å². The third-order valence-electron chi connectivity index (χ3n) is 6.19. The smallest absolute Gasteiger partial charge is 0.194 e. The van der Waals surface area contributed by atoms with Crippen LogP contribution in [0.25, 0.3) is 0 Å². The number of halogens is 1. The maximum Gasteiger partial charge on any atom is 0.194 e. The van der Waals surface area contributed by atoms with Crippen molar-refractivity contribution in [3.05, 3.63) is 34.9 Å². The lowest BCUT2D eigenvalue weighted by Crippen LogP contribution is -2.48. The summed E-state index contributed by atoms with van der Waals surface area (Å²) < 4.78 is 6.14. The molecule has 1 aromatic carbocycles. The molecule has 6 nitrogen and oxygen atoms in total. The molecule has 0 amide bonds. The second-order valence-electron chi connectivity index (χ2n) is 9.07. The molecule has 1 N–H and O–H groups in total. The maximum atomic E-state index is 6.14. The van der Waals surface area contributed by atoms with Crippen molar-refractivity contribution >= 4 is 29.9 Å². The molecule has 31 heavy (non-hydrogen) atoms. The Hall–Kier alpha value is -0.900. The van der Waals surface area contributed by atoms with Crippen molar-refractivity contribution in [1.82, 2.24) is 20.0 Å².